The molecule has 1 aliphatic heterocycles. The Morgan fingerprint density at radius 2 is 1.55 bits per heavy atom. The van der Waals surface area contributed by atoms with Gasteiger partial charge in [-0.1, -0.05) is 22.0 Å². The first-order chi connectivity index (χ1) is 20.5. The number of benzene rings is 3. The molecule has 0 aliphatic carbocycles. The number of ether oxygens (including phenoxy) is 1. The number of anilines is 1. The summed E-state index contributed by atoms with van der Waals surface area (Å²) in [5.74, 6) is -2.06. The SMILES string of the molecule is Cc1cc(C)cc(N(CCC(=O)N2CCN(C(=O)OC(C)(C)C)CC2c2cc(F)cc(F)c2)S(=O)(=O)c2ccc(Br)cc2)c1. The summed E-state index contributed by atoms with van der Waals surface area (Å²) >= 11 is 3.33. The van der Waals surface area contributed by atoms with E-state index in [0.29, 0.717) is 5.69 Å². The third kappa shape index (κ3) is 8.15. The Morgan fingerprint density at radius 1 is 0.955 bits per heavy atom. The van der Waals surface area contributed by atoms with E-state index in [9.17, 15) is 26.8 Å². The molecule has 8 nitrogen and oxygen atoms in total. The van der Waals surface area contributed by atoms with Gasteiger partial charge in [-0.15, -0.1) is 0 Å². The summed E-state index contributed by atoms with van der Waals surface area (Å²) in [5.41, 5.74) is 1.54. The van der Waals surface area contributed by atoms with Crippen LogP contribution in [0.2, 0.25) is 0 Å². The number of hydrogen-bond donors (Lipinski definition) is 0. The summed E-state index contributed by atoms with van der Waals surface area (Å²) in [6.07, 6.45) is -0.822. The summed E-state index contributed by atoms with van der Waals surface area (Å²) in [6.45, 7) is 8.86. The zero-order valence-corrected chi connectivity index (χ0v) is 27.7. The summed E-state index contributed by atoms with van der Waals surface area (Å²) in [7, 11) is -4.07. The average molecular weight is 693 g/mol. The van der Waals surface area contributed by atoms with Crippen LogP contribution in [0.25, 0.3) is 0 Å². The number of halogens is 3. The van der Waals surface area contributed by atoms with Crippen LogP contribution < -0.4 is 4.31 Å². The molecule has 0 saturated carbocycles. The number of aryl methyl sites for hydroxylation is 2. The van der Waals surface area contributed by atoms with Gasteiger partial charge in [-0.3, -0.25) is 9.10 Å². The van der Waals surface area contributed by atoms with E-state index in [1.54, 1.807) is 45.0 Å². The van der Waals surface area contributed by atoms with E-state index >= 15 is 0 Å². The second-order valence-corrected chi connectivity index (χ2v) is 14.6. The van der Waals surface area contributed by atoms with Crippen LogP contribution in [0.4, 0.5) is 19.3 Å². The van der Waals surface area contributed by atoms with Crippen molar-refractivity contribution in [2.45, 2.75) is 57.6 Å². The molecule has 1 fully saturated rings. The van der Waals surface area contributed by atoms with Gasteiger partial charge in [0.05, 0.1) is 16.6 Å². The first-order valence-corrected chi connectivity index (χ1v) is 16.4. The molecule has 3 aromatic rings. The Morgan fingerprint density at radius 3 is 2.11 bits per heavy atom. The van der Waals surface area contributed by atoms with Crippen LogP contribution in [0.5, 0.6) is 0 Å². The summed E-state index contributed by atoms with van der Waals surface area (Å²) in [4.78, 5) is 29.6. The van der Waals surface area contributed by atoms with Gasteiger partial charge in [0.1, 0.15) is 17.2 Å². The highest BCUT2D eigenvalue weighted by molar-refractivity contribution is 9.10. The minimum absolute atomic E-state index is 0.0540. The average Bonchev–Trinajstić information content (AvgIpc) is 2.91. The van der Waals surface area contributed by atoms with Gasteiger partial charge < -0.3 is 14.5 Å². The largest absolute Gasteiger partial charge is 0.444 e. The molecule has 4 rings (SSSR count). The minimum Gasteiger partial charge on any atom is -0.444 e. The first kappa shape index (κ1) is 33.4. The maximum atomic E-state index is 14.3. The minimum atomic E-state index is -4.07. The fraction of sp³-hybridized carbons (Fsp3) is 0.375. The highest BCUT2D eigenvalue weighted by Gasteiger charge is 2.36. The van der Waals surface area contributed by atoms with Gasteiger partial charge in [0.15, 0.2) is 0 Å². The van der Waals surface area contributed by atoms with E-state index in [2.05, 4.69) is 15.9 Å². The molecule has 1 aliphatic rings. The van der Waals surface area contributed by atoms with Crippen molar-refractivity contribution in [3.63, 3.8) is 0 Å². The van der Waals surface area contributed by atoms with Gasteiger partial charge in [-0.25, -0.2) is 22.0 Å². The highest BCUT2D eigenvalue weighted by Crippen LogP contribution is 2.31. The molecule has 1 unspecified atom stereocenters. The van der Waals surface area contributed by atoms with Crippen LogP contribution in [-0.2, 0) is 19.6 Å². The van der Waals surface area contributed by atoms with Crippen LogP contribution in [0.3, 0.4) is 0 Å². The number of nitrogens with zero attached hydrogens (tertiary/aromatic N) is 3. The zero-order valence-electron chi connectivity index (χ0n) is 25.3. The Bertz CT molecular complexity index is 1600. The molecule has 0 N–H and O–H groups in total. The number of rotatable bonds is 7. The molecule has 2 amide bonds. The van der Waals surface area contributed by atoms with E-state index in [1.807, 2.05) is 19.9 Å². The van der Waals surface area contributed by atoms with Crippen molar-refractivity contribution < 1.29 is 31.5 Å². The zero-order chi connectivity index (χ0) is 32.4. The molecule has 236 valence electrons. The summed E-state index contributed by atoms with van der Waals surface area (Å²) < 4.78 is 63.8. The van der Waals surface area contributed by atoms with E-state index in [1.165, 1.54) is 26.2 Å². The van der Waals surface area contributed by atoms with Gasteiger partial charge >= 0.3 is 6.09 Å². The van der Waals surface area contributed by atoms with E-state index in [0.717, 1.165) is 33.8 Å². The predicted molar refractivity (Wildman–Crippen MR) is 168 cm³/mol. The molecular weight excluding hydrogens is 656 g/mol. The lowest BCUT2D eigenvalue weighted by Crippen LogP contribution is -2.53. The summed E-state index contributed by atoms with van der Waals surface area (Å²) in [6, 6.07) is 13.8. The van der Waals surface area contributed by atoms with Crippen LogP contribution in [0, 0.1) is 25.5 Å². The molecule has 1 saturated heterocycles. The molecule has 0 bridgehead atoms. The fourth-order valence-corrected chi connectivity index (χ4v) is 6.90. The van der Waals surface area contributed by atoms with Gasteiger partial charge in [0, 0.05) is 43.1 Å². The van der Waals surface area contributed by atoms with Crippen molar-refractivity contribution >= 4 is 43.6 Å². The first-order valence-electron chi connectivity index (χ1n) is 14.1. The normalized spacial score (nSPS) is 15.7. The number of hydrogen-bond acceptors (Lipinski definition) is 5. The Labute approximate surface area is 265 Å². The Kier molecular flexibility index (Phi) is 10.0. The molecule has 44 heavy (non-hydrogen) atoms. The standard InChI is InChI=1S/C32H36BrF2N3O5S/c1-21-14-22(2)16-27(15-21)38(44(41,42)28-8-6-24(33)7-9-28)11-10-30(39)37-13-12-36(31(40)43-32(3,4)5)20-29(37)23-17-25(34)19-26(35)18-23/h6-9,14-19,29H,10-13,20H2,1-5H3. The molecule has 1 atom stereocenters. The van der Waals surface area contributed by atoms with Gasteiger partial charge in [-0.2, -0.15) is 0 Å². The molecule has 0 spiro atoms. The maximum absolute atomic E-state index is 14.3. The topological polar surface area (TPSA) is 87.2 Å². The molecule has 12 heteroatoms. The number of piperazine rings is 1. The van der Waals surface area contributed by atoms with Crippen LogP contribution in [0.1, 0.15) is 49.9 Å². The van der Waals surface area contributed by atoms with E-state index in [4.69, 9.17) is 4.74 Å². The maximum Gasteiger partial charge on any atom is 0.410 e. The van der Waals surface area contributed by atoms with E-state index in [-0.39, 0.29) is 43.1 Å². The highest BCUT2D eigenvalue weighted by atomic mass is 79.9. The predicted octanol–water partition coefficient (Wildman–Crippen LogP) is 6.75. The quantitative estimate of drug-likeness (QED) is 0.274. The lowest BCUT2D eigenvalue weighted by molar-refractivity contribution is -0.136. The molecule has 3 aromatic carbocycles. The van der Waals surface area contributed by atoms with Crippen molar-refractivity contribution in [3.8, 4) is 0 Å². The van der Waals surface area contributed by atoms with Gasteiger partial charge in [0.25, 0.3) is 10.0 Å². The third-order valence-electron chi connectivity index (χ3n) is 7.05. The van der Waals surface area contributed by atoms with Gasteiger partial charge in [0.2, 0.25) is 5.91 Å². The molecule has 0 aromatic heterocycles. The molecule has 1 heterocycles. The second-order valence-electron chi connectivity index (χ2n) is 11.9. The second kappa shape index (κ2) is 13.2. The number of carbonyl (C=O) groups is 2. The van der Waals surface area contributed by atoms with Crippen molar-refractivity contribution in [1.82, 2.24) is 9.80 Å². The van der Waals surface area contributed by atoms with Crippen molar-refractivity contribution in [2.75, 3.05) is 30.5 Å². The van der Waals surface area contributed by atoms with Crippen LogP contribution in [-0.4, -0.2) is 62.0 Å². The molecule has 0 radical (unpaired) electrons. The third-order valence-corrected chi connectivity index (χ3v) is 9.42. The lowest BCUT2D eigenvalue weighted by Gasteiger charge is -2.42. The lowest BCUT2D eigenvalue weighted by atomic mass is 10.0. The van der Waals surface area contributed by atoms with Crippen LogP contribution >= 0.6 is 15.9 Å². The monoisotopic (exact) mass is 691 g/mol. The van der Waals surface area contributed by atoms with Gasteiger partial charge in [-0.05, 0) is 99.8 Å². The molecular formula is C32H36BrF2N3O5S. The number of sulfonamides is 1. The van der Waals surface area contributed by atoms with E-state index < -0.39 is 45.3 Å². The Hall–Kier alpha value is -3.51. The summed E-state index contributed by atoms with van der Waals surface area (Å²) in [5, 5.41) is 0. The smallest absolute Gasteiger partial charge is 0.410 e. The van der Waals surface area contributed by atoms with Crippen molar-refractivity contribution in [1.29, 1.82) is 0 Å². The number of amides is 2. The van der Waals surface area contributed by atoms with Crippen LogP contribution in [0.15, 0.2) is 70.0 Å². The fourth-order valence-electron chi connectivity index (χ4n) is 5.18. The van der Waals surface area contributed by atoms with Crippen molar-refractivity contribution in [3.05, 3.63) is 93.5 Å². The Balaban J connectivity index is 1.64. The van der Waals surface area contributed by atoms with Crippen molar-refractivity contribution in [2.24, 2.45) is 0 Å². The number of carbonyl (C=O) groups excluding carboxylic acids is 2.